The molecule has 5 heteroatoms. The van der Waals surface area contributed by atoms with E-state index in [-0.39, 0.29) is 12.6 Å². The summed E-state index contributed by atoms with van der Waals surface area (Å²) in [5.74, 6) is -1.10. The minimum atomic E-state index is -0.808. The predicted molar refractivity (Wildman–Crippen MR) is 76.4 cm³/mol. The number of likely N-dealkylation sites (tertiary alicyclic amines) is 1. The van der Waals surface area contributed by atoms with Crippen LogP contribution < -0.4 is 5.73 Å². The first kappa shape index (κ1) is 15.4. The van der Waals surface area contributed by atoms with Crippen molar-refractivity contribution in [3.8, 4) is 0 Å². The van der Waals surface area contributed by atoms with Crippen molar-refractivity contribution in [1.29, 1.82) is 0 Å². The number of nitrogens with two attached hydrogens (primary N) is 1. The normalized spacial score (nSPS) is 25.4. The molecule has 1 aromatic rings. The molecule has 0 bridgehead atoms. The Labute approximate surface area is 119 Å². The Morgan fingerprint density at radius 3 is 2.60 bits per heavy atom. The van der Waals surface area contributed by atoms with Gasteiger partial charge in [0.15, 0.2) is 11.6 Å². The van der Waals surface area contributed by atoms with E-state index < -0.39 is 11.6 Å². The lowest BCUT2D eigenvalue weighted by Crippen LogP contribution is -2.37. The zero-order valence-corrected chi connectivity index (χ0v) is 12.3. The Morgan fingerprint density at radius 2 is 2.05 bits per heavy atom. The summed E-state index contributed by atoms with van der Waals surface area (Å²) >= 11 is 0. The molecule has 1 fully saturated rings. The van der Waals surface area contributed by atoms with Gasteiger partial charge in [0, 0.05) is 31.2 Å². The maximum Gasteiger partial charge on any atom is 0.163 e. The first-order valence-corrected chi connectivity index (χ1v) is 7.00. The molecule has 3 unspecified atom stereocenters. The van der Waals surface area contributed by atoms with E-state index in [1.807, 2.05) is 14.1 Å². The molecule has 0 radical (unpaired) electrons. The number of rotatable bonds is 4. The van der Waals surface area contributed by atoms with Gasteiger partial charge in [-0.05, 0) is 26.1 Å². The van der Waals surface area contributed by atoms with Gasteiger partial charge < -0.3 is 10.6 Å². The lowest BCUT2D eigenvalue weighted by Gasteiger charge is -2.28. The molecule has 1 aliphatic heterocycles. The van der Waals surface area contributed by atoms with E-state index in [1.54, 1.807) is 12.1 Å². The molecule has 1 aliphatic rings. The van der Waals surface area contributed by atoms with E-state index in [4.69, 9.17) is 5.73 Å². The SMILES string of the molecule is CC1CN(C(CN)c2cccc(F)c2F)CC1N(C)C. The molecule has 2 rings (SSSR count). The lowest BCUT2D eigenvalue weighted by molar-refractivity contribution is 0.215. The molecule has 0 aromatic heterocycles. The number of hydrogen-bond acceptors (Lipinski definition) is 3. The van der Waals surface area contributed by atoms with E-state index in [1.165, 1.54) is 0 Å². The molecule has 20 heavy (non-hydrogen) atoms. The summed E-state index contributed by atoms with van der Waals surface area (Å²) in [6.45, 7) is 4.14. The fraction of sp³-hybridized carbons (Fsp3) is 0.600. The first-order chi connectivity index (χ1) is 9.45. The summed E-state index contributed by atoms with van der Waals surface area (Å²) in [5, 5.41) is 0. The third-order valence-corrected chi connectivity index (χ3v) is 4.27. The molecule has 3 atom stereocenters. The van der Waals surface area contributed by atoms with Gasteiger partial charge in [0.25, 0.3) is 0 Å². The molecule has 112 valence electrons. The van der Waals surface area contributed by atoms with Crippen molar-refractivity contribution in [3.63, 3.8) is 0 Å². The second-order valence-corrected chi connectivity index (χ2v) is 5.86. The van der Waals surface area contributed by atoms with Crippen LogP contribution in [-0.2, 0) is 0 Å². The van der Waals surface area contributed by atoms with Crippen LogP contribution in [0.3, 0.4) is 0 Å². The van der Waals surface area contributed by atoms with E-state index in [0.29, 0.717) is 17.5 Å². The third-order valence-electron chi connectivity index (χ3n) is 4.27. The predicted octanol–water partition coefficient (Wildman–Crippen LogP) is 1.85. The topological polar surface area (TPSA) is 32.5 Å². The first-order valence-electron chi connectivity index (χ1n) is 7.00. The monoisotopic (exact) mass is 283 g/mol. The van der Waals surface area contributed by atoms with Gasteiger partial charge in [-0.25, -0.2) is 8.78 Å². The van der Waals surface area contributed by atoms with Crippen LogP contribution >= 0.6 is 0 Å². The summed E-state index contributed by atoms with van der Waals surface area (Å²) in [6, 6.07) is 4.46. The van der Waals surface area contributed by atoms with Crippen LogP contribution in [0.5, 0.6) is 0 Å². The number of nitrogens with zero attached hydrogens (tertiary/aromatic N) is 2. The fourth-order valence-corrected chi connectivity index (χ4v) is 3.16. The second kappa shape index (κ2) is 6.16. The van der Waals surface area contributed by atoms with Crippen LogP contribution in [0.25, 0.3) is 0 Å². The van der Waals surface area contributed by atoms with Crippen molar-refractivity contribution in [2.45, 2.75) is 19.0 Å². The highest BCUT2D eigenvalue weighted by Gasteiger charge is 2.35. The van der Waals surface area contributed by atoms with Crippen LogP contribution in [0.4, 0.5) is 8.78 Å². The standard InChI is InChI=1S/C15H23F2N3/c1-10-8-20(9-14(10)19(2)3)13(7-18)11-5-4-6-12(16)15(11)17/h4-6,10,13-14H,7-9,18H2,1-3H3. The Hall–Kier alpha value is -1.04. The van der Waals surface area contributed by atoms with Gasteiger partial charge in [0.2, 0.25) is 0 Å². The van der Waals surface area contributed by atoms with Crippen molar-refractivity contribution >= 4 is 0 Å². The van der Waals surface area contributed by atoms with Gasteiger partial charge in [-0.15, -0.1) is 0 Å². The smallest absolute Gasteiger partial charge is 0.163 e. The summed E-state index contributed by atoms with van der Waals surface area (Å²) in [4.78, 5) is 4.34. The average Bonchev–Trinajstić information content (AvgIpc) is 2.77. The quantitative estimate of drug-likeness (QED) is 0.915. The average molecular weight is 283 g/mol. The molecule has 1 heterocycles. The van der Waals surface area contributed by atoms with Crippen molar-refractivity contribution < 1.29 is 8.78 Å². The van der Waals surface area contributed by atoms with Gasteiger partial charge >= 0.3 is 0 Å². The summed E-state index contributed by atoms with van der Waals surface area (Å²) in [6.07, 6.45) is 0. The van der Waals surface area contributed by atoms with Crippen LogP contribution in [0, 0.1) is 17.6 Å². The highest BCUT2D eigenvalue weighted by atomic mass is 19.2. The van der Waals surface area contributed by atoms with Crippen molar-refractivity contribution in [3.05, 3.63) is 35.4 Å². The van der Waals surface area contributed by atoms with E-state index in [0.717, 1.165) is 19.2 Å². The van der Waals surface area contributed by atoms with Crippen LogP contribution in [0.1, 0.15) is 18.5 Å². The molecule has 2 N–H and O–H groups in total. The summed E-state index contributed by atoms with van der Waals surface area (Å²) in [5.41, 5.74) is 6.19. The highest BCUT2D eigenvalue weighted by molar-refractivity contribution is 5.23. The molecular formula is C15H23F2N3. The fourth-order valence-electron chi connectivity index (χ4n) is 3.16. The number of benzene rings is 1. The second-order valence-electron chi connectivity index (χ2n) is 5.86. The minimum Gasteiger partial charge on any atom is -0.329 e. The van der Waals surface area contributed by atoms with Gasteiger partial charge in [0.1, 0.15) is 0 Å². The van der Waals surface area contributed by atoms with E-state index in [9.17, 15) is 8.78 Å². The largest absolute Gasteiger partial charge is 0.329 e. The Morgan fingerprint density at radius 1 is 1.35 bits per heavy atom. The molecule has 0 aliphatic carbocycles. The lowest BCUT2D eigenvalue weighted by atomic mass is 10.0. The molecule has 1 saturated heterocycles. The van der Waals surface area contributed by atoms with Crippen LogP contribution in [0.2, 0.25) is 0 Å². The molecule has 0 amide bonds. The van der Waals surface area contributed by atoms with E-state index in [2.05, 4.69) is 16.7 Å². The van der Waals surface area contributed by atoms with Crippen molar-refractivity contribution in [2.75, 3.05) is 33.7 Å². The zero-order valence-electron chi connectivity index (χ0n) is 12.3. The molecule has 0 spiro atoms. The summed E-state index contributed by atoms with van der Waals surface area (Å²) < 4.78 is 27.4. The molecule has 0 saturated carbocycles. The Kier molecular flexibility index (Phi) is 4.73. The Balaban J connectivity index is 2.23. The van der Waals surface area contributed by atoms with E-state index >= 15 is 0 Å². The van der Waals surface area contributed by atoms with Gasteiger partial charge in [0.05, 0.1) is 6.04 Å². The zero-order chi connectivity index (χ0) is 14.9. The Bertz CT molecular complexity index is 464. The maximum atomic E-state index is 14.0. The number of hydrogen-bond donors (Lipinski definition) is 1. The maximum absolute atomic E-state index is 14.0. The number of likely N-dealkylation sites (N-methyl/N-ethyl adjacent to an activating group) is 1. The van der Waals surface area contributed by atoms with Crippen LogP contribution in [0.15, 0.2) is 18.2 Å². The highest BCUT2D eigenvalue weighted by Crippen LogP contribution is 2.30. The van der Waals surface area contributed by atoms with Crippen molar-refractivity contribution in [2.24, 2.45) is 11.7 Å². The molecular weight excluding hydrogens is 260 g/mol. The summed E-state index contributed by atoms with van der Waals surface area (Å²) in [7, 11) is 4.09. The molecule has 3 nitrogen and oxygen atoms in total. The molecule has 1 aromatic carbocycles. The van der Waals surface area contributed by atoms with Gasteiger partial charge in [-0.2, -0.15) is 0 Å². The van der Waals surface area contributed by atoms with Crippen molar-refractivity contribution in [1.82, 2.24) is 9.80 Å². The van der Waals surface area contributed by atoms with Gasteiger partial charge in [-0.3, -0.25) is 4.90 Å². The third kappa shape index (κ3) is 2.85. The van der Waals surface area contributed by atoms with Gasteiger partial charge in [-0.1, -0.05) is 19.1 Å². The minimum absolute atomic E-state index is 0.266. The number of halogens is 2. The van der Waals surface area contributed by atoms with Crippen LogP contribution in [-0.4, -0.2) is 49.6 Å².